The third-order valence-corrected chi connectivity index (χ3v) is 4.54. The van der Waals surface area contributed by atoms with E-state index in [1.165, 1.54) is 0 Å². The molecular weight excluding hydrogens is 312 g/mol. The summed E-state index contributed by atoms with van der Waals surface area (Å²) in [4.78, 5) is 14.0. The van der Waals surface area contributed by atoms with E-state index in [1.807, 2.05) is 26.0 Å². The molecular formula is C17H24N2O5. The van der Waals surface area contributed by atoms with E-state index in [4.69, 9.17) is 24.7 Å². The van der Waals surface area contributed by atoms with Crippen LogP contribution in [0.5, 0.6) is 11.5 Å². The Morgan fingerprint density at radius 1 is 1.33 bits per heavy atom. The molecule has 1 unspecified atom stereocenters. The fraction of sp³-hybridized carbons (Fsp3) is 0.588. The highest BCUT2D eigenvalue weighted by Gasteiger charge is 2.53. The highest BCUT2D eigenvalue weighted by atomic mass is 16.7. The monoisotopic (exact) mass is 336 g/mol. The molecule has 3 atom stereocenters. The molecule has 132 valence electrons. The molecule has 1 amide bonds. The summed E-state index contributed by atoms with van der Waals surface area (Å²) in [7, 11) is 3.19. The Hall–Kier alpha value is -1.83. The molecule has 3 rings (SSSR count). The highest BCUT2D eigenvalue weighted by Crippen LogP contribution is 2.34. The average Bonchev–Trinajstić information content (AvgIpc) is 2.93. The zero-order valence-electron chi connectivity index (χ0n) is 14.4. The first-order chi connectivity index (χ1) is 11.4. The molecule has 1 aromatic rings. The van der Waals surface area contributed by atoms with Crippen molar-refractivity contribution in [1.82, 2.24) is 4.90 Å². The van der Waals surface area contributed by atoms with Crippen LogP contribution < -0.4 is 15.2 Å². The van der Waals surface area contributed by atoms with Crippen molar-refractivity contribution >= 4 is 5.91 Å². The fourth-order valence-electron chi connectivity index (χ4n) is 3.26. The number of carbonyl (C=O) groups excluding carboxylic acids is 1. The van der Waals surface area contributed by atoms with Crippen molar-refractivity contribution in [3.63, 3.8) is 0 Å². The predicted molar refractivity (Wildman–Crippen MR) is 86.8 cm³/mol. The van der Waals surface area contributed by atoms with Gasteiger partial charge in [0.15, 0.2) is 5.79 Å². The number of likely N-dealkylation sites (tertiary alicyclic amines) is 1. The highest BCUT2D eigenvalue weighted by molar-refractivity contribution is 5.89. The predicted octanol–water partition coefficient (Wildman–Crippen LogP) is 0.893. The Morgan fingerprint density at radius 3 is 2.67 bits per heavy atom. The van der Waals surface area contributed by atoms with E-state index in [0.29, 0.717) is 24.7 Å². The van der Waals surface area contributed by atoms with Gasteiger partial charge in [0, 0.05) is 18.2 Å². The minimum Gasteiger partial charge on any atom is -0.497 e. The van der Waals surface area contributed by atoms with Crippen LogP contribution in [0.15, 0.2) is 18.2 Å². The average molecular weight is 336 g/mol. The van der Waals surface area contributed by atoms with Crippen LogP contribution in [0.3, 0.4) is 0 Å². The standard InChI is InChI=1S/C17H24N2O5/c1-17(2)23-9-13(24-17)15-14(18)16(20)19(15)8-10-5-6-11(21-3)7-12(10)22-4/h5-7,13-15H,8-9,18H2,1-4H3/t13?,14-,15+/m0/s1. The van der Waals surface area contributed by atoms with Crippen LogP contribution in [0.1, 0.15) is 19.4 Å². The lowest BCUT2D eigenvalue weighted by Crippen LogP contribution is -2.72. The topological polar surface area (TPSA) is 83.3 Å². The van der Waals surface area contributed by atoms with Crippen molar-refractivity contribution < 1.29 is 23.7 Å². The number of ether oxygens (including phenoxy) is 4. The van der Waals surface area contributed by atoms with Crippen LogP contribution in [-0.4, -0.2) is 55.6 Å². The van der Waals surface area contributed by atoms with Gasteiger partial charge in [0.05, 0.1) is 26.9 Å². The molecule has 0 spiro atoms. The Labute approximate surface area is 141 Å². The van der Waals surface area contributed by atoms with Crippen molar-refractivity contribution in [2.45, 2.75) is 44.4 Å². The van der Waals surface area contributed by atoms with Crippen LogP contribution in [0, 0.1) is 0 Å². The summed E-state index contributed by atoms with van der Waals surface area (Å²) < 4.78 is 22.1. The first-order valence-corrected chi connectivity index (χ1v) is 7.95. The van der Waals surface area contributed by atoms with Crippen LogP contribution >= 0.6 is 0 Å². The smallest absolute Gasteiger partial charge is 0.242 e. The molecule has 2 aliphatic rings. The van der Waals surface area contributed by atoms with E-state index in [-0.39, 0.29) is 18.1 Å². The molecule has 1 aromatic carbocycles. The Balaban J connectivity index is 1.77. The number of amides is 1. The number of hydrogen-bond acceptors (Lipinski definition) is 6. The van der Waals surface area contributed by atoms with Gasteiger partial charge in [0.1, 0.15) is 23.6 Å². The molecule has 2 heterocycles. The van der Waals surface area contributed by atoms with Gasteiger partial charge < -0.3 is 29.6 Å². The summed E-state index contributed by atoms with van der Waals surface area (Å²) in [5.74, 6) is 0.636. The van der Waals surface area contributed by atoms with Crippen molar-refractivity contribution in [3.05, 3.63) is 23.8 Å². The number of carbonyl (C=O) groups is 1. The van der Waals surface area contributed by atoms with Crippen molar-refractivity contribution in [2.24, 2.45) is 5.73 Å². The molecule has 2 saturated heterocycles. The van der Waals surface area contributed by atoms with Gasteiger partial charge >= 0.3 is 0 Å². The third-order valence-electron chi connectivity index (χ3n) is 4.54. The molecule has 7 heteroatoms. The Morgan fingerprint density at radius 2 is 2.08 bits per heavy atom. The Kier molecular flexibility index (Phi) is 4.42. The maximum Gasteiger partial charge on any atom is 0.242 e. The number of nitrogens with two attached hydrogens (primary N) is 1. The molecule has 0 aliphatic carbocycles. The molecule has 0 saturated carbocycles. The summed E-state index contributed by atoms with van der Waals surface area (Å²) in [5, 5.41) is 0. The van der Waals surface area contributed by atoms with E-state index in [0.717, 1.165) is 5.56 Å². The number of hydrogen-bond donors (Lipinski definition) is 1. The molecule has 0 radical (unpaired) electrons. The van der Waals surface area contributed by atoms with E-state index in [2.05, 4.69) is 0 Å². The number of benzene rings is 1. The van der Waals surface area contributed by atoms with Crippen LogP contribution in [-0.2, 0) is 20.8 Å². The van der Waals surface area contributed by atoms with Crippen LogP contribution in [0.4, 0.5) is 0 Å². The quantitative estimate of drug-likeness (QED) is 0.804. The van der Waals surface area contributed by atoms with Gasteiger partial charge in [-0.3, -0.25) is 4.79 Å². The van der Waals surface area contributed by atoms with E-state index in [9.17, 15) is 4.79 Å². The van der Waals surface area contributed by atoms with E-state index >= 15 is 0 Å². The zero-order chi connectivity index (χ0) is 17.5. The van der Waals surface area contributed by atoms with Gasteiger partial charge in [-0.2, -0.15) is 0 Å². The minimum absolute atomic E-state index is 0.0915. The van der Waals surface area contributed by atoms with Crippen molar-refractivity contribution in [3.8, 4) is 11.5 Å². The van der Waals surface area contributed by atoms with Crippen LogP contribution in [0.25, 0.3) is 0 Å². The maximum absolute atomic E-state index is 12.3. The summed E-state index contributed by atoms with van der Waals surface area (Å²) in [6, 6.07) is 4.77. The first-order valence-electron chi connectivity index (χ1n) is 7.95. The van der Waals surface area contributed by atoms with Gasteiger partial charge in [-0.1, -0.05) is 0 Å². The second-order valence-electron chi connectivity index (χ2n) is 6.53. The lowest BCUT2D eigenvalue weighted by Gasteiger charge is -2.47. The molecule has 24 heavy (non-hydrogen) atoms. The molecule has 2 aliphatic heterocycles. The fourth-order valence-corrected chi connectivity index (χ4v) is 3.26. The number of β-lactam (4-membered cyclic amide) rings is 1. The lowest BCUT2D eigenvalue weighted by atomic mass is 9.90. The molecule has 0 aromatic heterocycles. The zero-order valence-corrected chi connectivity index (χ0v) is 14.4. The van der Waals surface area contributed by atoms with E-state index < -0.39 is 11.8 Å². The normalized spacial score (nSPS) is 28.6. The molecule has 2 N–H and O–H groups in total. The number of nitrogens with zero attached hydrogens (tertiary/aromatic N) is 1. The summed E-state index contributed by atoms with van der Waals surface area (Å²) >= 11 is 0. The molecule has 0 bridgehead atoms. The van der Waals surface area contributed by atoms with Crippen molar-refractivity contribution in [2.75, 3.05) is 20.8 Å². The van der Waals surface area contributed by atoms with E-state index in [1.54, 1.807) is 25.2 Å². The first kappa shape index (κ1) is 17.0. The van der Waals surface area contributed by atoms with Gasteiger partial charge in [0.25, 0.3) is 0 Å². The minimum atomic E-state index is -0.646. The van der Waals surface area contributed by atoms with Gasteiger partial charge in [-0.05, 0) is 26.0 Å². The lowest BCUT2D eigenvalue weighted by molar-refractivity contribution is -0.172. The van der Waals surface area contributed by atoms with Gasteiger partial charge in [-0.25, -0.2) is 0 Å². The molecule has 2 fully saturated rings. The van der Waals surface area contributed by atoms with Gasteiger partial charge in [0.2, 0.25) is 5.91 Å². The van der Waals surface area contributed by atoms with Crippen LogP contribution in [0.2, 0.25) is 0 Å². The second-order valence-corrected chi connectivity index (χ2v) is 6.53. The maximum atomic E-state index is 12.3. The number of rotatable bonds is 5. The number of methoxy groups -OCH3 is 2. The summed E-state index contributed by atoms with van der Waals surface area (Å²) in [5.41, 5.74) is 6.91. The summed E-state index contributed by atoms with van der Waals surface area (Å²) in [6.07, 6.45) is -0.225. The second kappa shape index (κ2) is 6.23. The van der Waals surface area contributed by atoms with Gasteiger partial charge in [-0.15, -0.1) is 0 Å². The summed E-state index contributed by atoms with van der Waals surface area (Å²) in [6.45, 7) is 4.55. The third kappa shape index (κ3) is 2.94. The Bertz CT molecular complexity index is 633. The largest absolute Gasteiger partial charge is 0.497 e. The van der Waals surface area contributed by atoms with Crippen molar-refractivity contribution in [1.29, 1.82) is 0 Å². The molecule has 7 nitrogen and oxygen atoms in total. The SMILES string of the molecule is COc1ccc(CN2C(=O)[C@@H](N)[C@H]2C2COC(C)(C)O2)c(OC)c1.